The van der Waals surface area contributed by atoms with Crippen LogP contribution >= 0.6 is 11.8 Å². The molecular weight excluding hydrogens is 407 g/mol. The lowest BCUT2D eigenvalue weighted by Crippen LogP contribution is -2.36. The molecule has 6 nitrogen and oxygen atoms in total. The Morgan fingerprint density at radius 1 is 1.03 bits per heavy atom. The van der Waals surface area contributed by atoms with Gasteiger partial charge in [-0.1, -0.05) is 18.2 Å². The van der Waals surface area contributed by atoms with Gasteiger partial charge in [0, 0.05) is 17.3 Å². The van der Waals surface area contributed by atoms with Gasteiger partial charge in [0.15, 0.2) is 0 Å². The molecule has 0 radical (unpaired) electrons. The molecule has 3 amide bonds. The lowest BCUT2D eigenvalue weighted by atomic mass is 10.2. The molecule has 1 saturated heterocycles. The van der Waals surface area contributed by atoms with Gasteiger partial charge in [-0.2, -0.15) is 0 Å². The smallest absolute Gasteiger partial charge is 0.294 e. The molecule has 0 saturated carbocycles. The summed E-state index contributed by atoms with van der Waals surface area (Å²) in [6, 6.07) is 17.9. The van der Waals surface area contributed by atoms with Gasteiger partial charge < -0.3 is 9.73 Å². The van der Waals surface area contributed by atoms with Gasteiger partial charge in [-0.25, -0.2) is 4.39 Å². The number of furan rings is 1. The topological polar surface area (TPSA) is 79.6 Å². The van der Waals surface area contributed by atoms with Crippen LogP contribution in [0.5, 0.6) is 0 Å². The van der Waals surface area contributed by atoms with Gasteiger partial charge in [0.25, 0.3) is 11.1 Å². The molecule has 0 spiro atoms. The van der Waals surface area contributed by atoms with E-state index in [0.717, 1.165) is 16.7 Å². The van der Waals surface area contributed by atoms with Crippen LogP contribution in [0.2, 0.25) is 0 Å². The Kier molecular flexibility index (Phi) is 5.49. The number of carbonyl (C=O) groups excluding carboxylic acids is 3. The van der Waals surface area contributed by atoms with E-state index in [4.69, 9.17) is 4.42 Å². The number of hydrogen-bond acceptors (Lipinski definition) is 5. The minimum absolute atomic E-state index is 0.160. The van der Waals surface area contributed by atoms with Crippen LogP contribution in [0.3, 0.4) is 0 Å². The second-order valence-electron chi connectivity index (χ2n) is 6.39. The molecule has 1 aliphatic heterocycles. The predicted molar refractivity (Wildman–Crippen MR) is 112 cm³/mol. The van der Waals surface area contributed by atoms with E-state index in [9.17, 15) is 18.8 Å². The highest BCUT2D eigenvalue weighted by Gasteiger charge is 2.36. The van der Waals surface area contributed by atoms with E-state index in [1.807, 2.05) is 6.07 Å². The number of nitrogens with zero attached hydrogens (tertiary/aromatic N) is 1. The summed E-state index contributed by atoms with van der Waals surface area (Å²) in [5, 5.41) is 2.11. The number of nitrogens with one attached hydrogen (secondary N) is 1. The number of benzene rings is 2. The Morgan fingerprint density at radius 3 is 2.50 bits per heavy atom. The monoisotopic (exact) mass is 422 g/mol. The molecule has 3 aromatic rings. The fraction of sp³-hybridized carbons (Fsp3) is 0.0455. The summed E-state index contributed by atoms with van der Waals surface area (Å²) in [7, 11) is 0. The molecule has 8 heteroatoms. The number of anilines is 1. The zero-order chi connectivity index (χ0) is 21.1. The third-order valence-corrected chi connectivity index (χ3v) is 5.17. The van der Waals surface area contributed by atoms with E-state index in [1.165, 1.54) is 18.2 Å². The van der Waals surface area contributed by atoms with Crippen molar-refractivity contribution < 1.29 is 23.2 Å². The predicted octanol–water partition coefficient (Wildman–Crippen LogP) is 4.76. The summed E-state index contributed by atoms with van der Waals surface area (Å²) in [6.07, 6.45) is 1.45. The van der Waals surface area contributed by atoms with Crippen LogP contribution in [0, 0.1) is 5.82 Å². The fourth-order valence-corrected chi connectivity index (χ4v) is 3.65. The third-order valence-electron chi connectivity index (χ3n) is 4.26. The molecule has 0 atom stereocenters. The van der Waals surface area contributed by atoms with Crippen LogP contribution in [-0.2, 0) is 9.59 Å². The zero-order valence-electron chi connectivity index (χ0n) is 15.5. The summed E-state index contributed by atoms with van der Waals surface area (Å²) in [4.78, 5) is 38.0. The number of hydrogen-bond donors (Lipinski definition) is 1. The van der Waals surface area contributed by atoms with Crippen molar-refractivity contribution in [3.05, 3.63) is 83.2 Å². The van der Waals surface area contributed by atoms with Gasteiger partial charge in [-0.15, -0.1) is 0 Å². The average Bonchev–Trinajstić information content (AvgIpc) is 3.30. The van der Waals surface area contributed by atoms with E-state index >= 15 is 0 Å². The van der Waals surface area contributed by atoms with Gasteiger partial charge in [0.1, 0.15) is 23.9 Å². The van der Waals surface area contributed by atoms with Crippen molar-refractivity contribution in [2.24, 2.45) is 0 Å². The van der Waals surface area contributed by atoms with Gasteiger partial charge in [0.05, 0.1) is 4.91 Å². The summed E-state index contributed by atoms with van der Waals surface area (Å²) >= 11 is 0.741. The normalized spacial score (nSPS) is 15.1. The van der Waals surface area contributed by atoms with Gasteiger partial charge >= 0.3 is 0 Å². The van der Waals surface area contributed by atoms with E-state index in [1.54, 1.807) is 48.5 Å². The number of para-hydroxylation sites is 1. The van der Waals surface area contributed by atoms with Crippen LogP contribution in [-0.4, -0.2) is 28.5 Å². The van der Waals surface area contributed by atoms with Gasteiger partial charge in [-0.05, 0) is 60.3 Å². The van der Waals surface area contributed by atoms with Gasteiger partial charge in [0.2, 0.25) is 5.91 Å². The Labute approximate surface area is 175 Å². The van der Waals surface area contributed by atoms with Crippen molar-refractivity contribution in [3.63, 3.8) is 0 Å². The summed E-state index contributed by atoms with van der Waals surface area (Å²) in [5.74, 6) is -0.513. The van der Waals surface area contributed by atoms with Crippen molar-refractivity contribution in [2.45, 2.75) is 0 Å². The molecule has 1 aromatic heterocycles. The highest BCUT2D eigenvalue weighted by Crippen LogP contribution is 2.33. The first-order valence-electron chi connectivity index (χ1n) is 8.95. The number of halogens is 1. The molecule has 1 N–H and O–H groups in total. The molecule has 0 aliphatic carbocycles. The molecule has 30 heavy (non-hydrogen) atoms. The number of carbonyl (C=O) groups is 3. The average molecular weight is 422 g/mol. The van der Waals surface area contributed by atoms with Crippen LogP contribution in [0.1, 0.15) is 5.76 Å². The molecule has 1 fully saturated rings. The maximum atomic E-state index is 13.1. The van der Waals surface area contributed by atoms with E-state index in [0.29, 0.717) is 22.8 Å². The third kappa shape index (κ3) is 4.33. The van der Waals surface area contributed by atoms with Crippen LogP contribution in [0.4, 0.5) is 14.9 Å². The van der Waals surface area contributed by atoms with Crippen LogP contribution < -0.4 is 5.32 Å². The molecule has 4 rings (SSSR count). The Balaban J connectivity index is 1.45. The van der Waals surface area contributed by atoms with E-state index in [-0.39, 0.29) is 17.3 Å². The second kappa shape index (κ2) is 8.38. The Morgan fingerprint density at radius 2 is 1.77 bits per heavy atom. The first kappa shape index (κ1) is 19.7. The standard InChI is InChI=1S/C22H15FN2O4S/c23-15-8-6-14(7-9-15)18-11-10-17(29-18)12-19-21(27)25(22(28)30-19)13-20(26)24-16-4-2-1-3-5-16/h1-12H,13H2,(H,24,26)/b19-12-. The van der Waals surface area contributed by atoms with Crippen LogP contribution in [0.25, 0.3) is 17.4 Å². The number of imide groups is 1. The van der Waals surface area contributed by atoms with Crippen molar-refractivity contribution in [3.8, 4) is 11.3 Å². The number of rotatable bonds is 5. The largest absolute Gasteiger partial charge is 0.457 e. The number of thioether (sulfide) groups is 1. The minimum atomic E-state index is -0.562. The maximum Gasteiger partial charge on any atom is 0.294 e. The fourth-order valence-electron chi connectivity index (χ4n) is 2.83. The molecule has 150 valence electrons. The van der Waals surface area contributed by atoms with Crippen molar-refractivity contribution >= 4 is 40.6 Å². The second-order valence-corrected chi connectivity index (χ2v) is 7.38. The molecule has 0 unspecified atom stereocenters. The molecule has 1 aliphatic rings. The quantitative estimate of drug-likeness (QED) is 0.600. The van der Waals surface area contributed by atoms with E-state index in [2.05, 4.69) is 5.32 Å². The van der Waals surface area contributed by atoms with Gasteiger partial charge in [-0.3, -0.25) is 19.3 Å². The van der Waals surface area contributed by atoms with Crippen molar-refractivity contribution in [1.29, 1.82) is 0 Å². The summed E-state index contributed by atoms with van der Waals surface area (Å²) in [6.45, 7) is -0.379. The van der Waals surface area contributed by atoms with E-state index < -0.39 is 17.1 Å². The SMILES string of the molecule is O=C(CN1C(=O)S/C(=C\c2ccc(-c3ccc(F)cc3)o2)C1=O)Nc1ccccc1. The molecular formula is C22H15FN2O4S. The first-order valence-corrected chi connectivity index (χ1v) is 9.77. The molecule has 0 bridgehead atoms. The first-order chi connectivity index (χ1) is 14.5. The highest BCUT2D eigenvalue weighted by atomic mass is 32.2. The Hall–Kier alpha value is -3.65. The summed E-state index contributed by atoms with van der Waals surface area (Å²) < 4.78 is 18.7. The minimum Gasteiger partial charge on any atom is -0.457 e. The maximum absolute atomic E-state index is 13.1. The lowest BCUT2D eigenvalue weighted by molar-refractivity contribution is -0.127. The Bertz CT molecular complexity index is 1140. The summed E-state index contributed by atoms with van der Waals surface area (Å²) in [5.41, 5.74) is 1.26. The zero-order valence-corrected chi connectivity index (χ0v) is 16.3. The molecule has 2 aromatic carbocycles. The highest BCUT2D eigenvalue weighted by molar-refractivity contribution is 8.18. The number of amides is 3. The lowest BCUT2D eigenvalue weighted by Gasteiger charge is -2.12. The van der Waals surface area contributed by atoms with Crippen LogP contribution in [0.15, 0.2) is 76.1 Å². The molecule has 2 heterocycles. The van der Waals surface area contributed by atoms with Crippen molar-refractivity contribution in [1.82, 2.24) is 4.90 Å². The van der Waals surface area contributed by atoms with Crippen molar-refractivity contribution in [2.75, 3.05) is 11.9 Å².